The first kappa shape index (κ1) is 31.6. The van der Waals surface area contributed by atoms with Gasteiger partial charge < -0.3 is 24.6 Å². The van der Waals surface area contributed by atoms with Crippen LogP contribution in [-0.2, 0) is 19.0 Å². The summed E-state index contributed by atoms with van der Waals surface area (Å²) in [5, 5.41) is 14.6. The van der Waals surface area contributed by atoms with E-state index in [-0.39, 0.29) is 37.8 Å². The van der Waals surface area contributed by atoms with Crippen LogP contribution in [0.5, 0.6) is 0 Å². The highest BCUT2D eigenvalue weighted by Crippen LogP contribution is 2.35. The molecular formula is C20H25F3N6O7S2. The number of aliphatic hydroxyl groups is 1. The van der Waals surface area contributed by atoms with Crippen LogP contribution in [0.25, 0.3) is 10.4 Å². The molecule has 1 aromatic heterocycles. The van der Waals surface area contributed by atoms with Crippen LogP contribution in [0.15, 0.2) is 20.9 Å². The average molecular weight is 583 g/mol. The third-order valence-electron chi connectivity index (χ3n) is 4.79. The quantitative estimate of drug-likeness (QED) is 0.0628. The summed E-state index contributed by atoms with van der Waals surface area (Å²) >= 11 is 0. The summed E-state index contributed by atoms with van der Waals surface area (Å²) in [6, 6.07) is 0. The van der Waals surface area contributed by atoms with Gasteiger partial charge in [-0.15, -0.1) is 0 Å². The van der Waals surface area contributed by atoms with Crippen molar-refractivity contribution in [1.29, 1.82) is 0 Å². The van der Waals surface area contributed by atoms with Crippen molar-refractivity contribution >= 4 is 27.5 Å². The summed E-state index contributed by atoms with van der Waals surface area (Å²) in [6.07, 6.45) is -5.90. The second kappa shape index (κ2) is 14.5. The van der Waals surface area contributed by atoms with Crippen molar-refractivity contribution in [3.05, 3.63) is 43.0 Å². The van der Waals surface area contributed by atoms with Crippen LogP contribution in [0.3, 0.4) is 0 Å². The largest absolute Gasteiger partial charge is 0.471 e. The third-order valence-corrected chi connectivity index (χ3v) is 7.77. The fourth-order valence-corrected chi connectivity index (χ4v) is 5.15. The SMILES string of the molecule is CC(C)(CNC(=O)C(F)(F)F)SSCOCC#Cc1cn([C@H]2CC(OCN=[N+]=[N-])[C@@H](CO)O2)c(=O)[nH]c1=O. The number of hydrogen-bond donors (Lipinski definition) is 3. The van der Waals surface area contributed by atoms with Crippen LogP contribution >= 0.6 is 21.6 Å². The number of nitrogens with one attached hydrogen (secondary N) is 2. The summed E-state index contributed by atoms with van der Waals surface area (Å²) in [7, 11) is 2.42. The van der Waals surface area contributed by atoms with E-state index >= 15 is 0 Å². The molecule has 2 heterocycles. The highest BCUT2D eigenvalue weighted by Gasteiger charge is 2.39. The number of H-pyrrole nitrogens is 1. The van der Waals surface area contributed by atoms with Crippen molar-refractivity contribution in [2.45, 2.75) is 49.6 Å². The summed E-state index contributed by atoms with van der Waals surface area (Å²) in [5.41, 5.74) is 6.84. The molecule has 0 spiro atoms. The van der Waals surface area contributed by atoms with E-state index in [1.54, 1.807) is 13.8 Å². The van der Waals surface area contributed by atoms with E-state index in [1.807, 2.05) is 5.32 Å². The molecule has 0 saturated carbocycles. The van der Waals surface area contributed by atoms with Gasteiger partial charge in [-0.25, -0.2) is 4.79 Å². The molecule has 1 aliphatic rings. The topological polar surface area (TPSA) is 181 Å². The number of aliphatic hydroxyl groups excluding tert-OH is 1. The number of azide groups is 1. The Morgan fingerprint density at radius 2 is 2.18 bits per heavy atom. The molecule has 3 atom stereocenters. The Kier molecular flexibility index (Phi) is 12.0. The highest BCUT2D eigenvalue weighted by atomic mass is 33.1. The number of hydrogen-bond acceptors (Lipinski definition) is 10. The number of halogens is 3. The number of rotatable bonds is 12. The van der Waals surface area contributed by atoms with Crippen molar-refractivity contribution in [2.75, 3.05) is 32.4 Å². The molecule has 0 aromatic carbocycles. The summed E-state index contributed by atoms with van der Waals surface area (Å²) < 4.78 is 53.6. The zero-order valence-electron chi connectivity index (χ0n) is 20.2. The molecule has 18 heteroatoms. The van der Waals surface area contributed by atoms with Crippen LogP contribution in [0.1, 0.15) is 32.1 Å². The number of amides is 1. The van der Waals surface area contributed by atoms with Gasteiger partial charge in [0.1, 0.15) is 37.2 Å². The van der Waals surface area contributed by atoms with E-state index in [0.717, 1.165) is 4.57 Å². The fourth-order valence-electron chi connectivity index (χ4n) is 3.02. The number of ether oxygens (including phenoxy) is 3. The fraction of sp³-hybridized carbons (Fsp3) is 0.650. The summed E-state index contributed by atoms with van der Waals surface area (Å²) in [6.45, 7) is 2.34. The number of aromatic amines is 1. The first-order valence-electron chi connectivity index (χ1n) is 10.8. The number of alkyl halides is 3. The molecule has 0 aliphatic carbocycles. The van der Waals surface area contributed by atoms with Crippen LogP contribution in [-0.4, -0.2) is 76.1 Å². The Balaban J connectivity index is 1.88. The van der Waals surface area contributed by atoms with Gasteiger partial charge in [0.2, 0.25) is 0 Å². The van der Waals surface area contributed by atoms with Gasteiger partial charge in [-0.1, -0.05) is 38.5 Å². The van der Waals surface area contributed by atoms with Gasteiger partial charge in [-0.05, 0) is 19.4 Å². The van der Waals surface area contributed by atoms with Gasteiger partial charge in [0.25, 0.3) is 5.56 Å². The third kappa shape index (κ3) is 9.91. The van der Waals surface area contributed by atoms with E-state index in [4.69, 9.17) is 19.7 Å². The Morgan fingerprint density at radius 3 is 2.84 bits per heavy atom. The van der Waals surface area contributed by atoms with Gasteiger partial charge >= 0.3 is 17.8 Å². The second-order valence-corrected chi connectivity index (χ2v) is 11.2. The lowest BCUT2D eigenvalue weighted by Gasteiger charge is -2.23. The molecule has 3 N–H and O–H groups in total. The molecule has 1 unspecified atom stereocenters. The van der Waals surface area contributed by atoms with Crippen LogP contribution in [0.4, 0.5) is 13.2 Å². The molecule has 1 aliphatic heterocycles. The molecule has 0 bridgehead atoms. The standard InChI is InChI=1S/C20H25F3N6O7S2/c1-19(2,9-25-17(32)20(21,22)23)38-37-11-34-5-3-4-12-7-29(18(33)27-16(12)31)15-6-13(14(8-30)36-15)35-10-26-28-24/h7,13-15,30H,5-6,8-11H2,1-2H3,(H,25,32)(H,27,31,33)/t13?,14-,15-/m1/s1. The first-order chi connectivity index (χ1) is 17.9. The molecular weight excluding hydrogens is 557 g/mol. The van der Waals surface area contributed by atoms with E-state index < -0.39 is 53.1 Å². The zero-order chi connectivity index (χ0) is 28.3. The van der Waals surface area contributed by atoms with Crippen LogP contribution in [0, 0.1) is 11.8 Å². The maximum atomic E-state index is 12.3. The molecule has 210 valence electrons. The summed E-state index contributed by atoms with van der Waals surface area (Å²) in [5.74, 6) is 3.35. The number of carbonyl (C=O) groups excluding carboxylic acids is 1. The first-order valence-corrected chi connectivity index (χ1v) is 13.2. The maximum absolute atomic E-state index is 12.3. The lowest BCUT2D eigenvalue weighted by atomic mass is 10.2. The minimum Gasteiger partial charge on any atom is -0.394 e. The van der Waals surface area contributed by atoms with E-state index in [2.05, 4.69) is 26.9 Å². The Morgan fingerprint density at radius 1 is 1.45 bits per heavy atom. The van der Waals surface area contributed by atoms with E-state index in [9.17, 15) is 32.7 Å². The van der Waals surface area contributed by atoms with Crippen molar-refractivity contribution in [1.82, 2.24) is 14.9 Å². The maximum Gasteiger partial charge on any atom is 0.471 e. The van der Waals surface area contributed by atoms with Gasteiger partial charge in [0, 0.05) is 28.8 Å². The average Bonchev–Trinajstić information content (AvgIpc) is 3.25. The smallest absolute Gasteiger partial charge is 0.394 e. The molecule has 2 rings (SSSR count). The Bertz CT molecular complexity index is 1190. The Labute approximate surface area is 221 Å². The van der Waals surface area contributed by atoms with Gasteiger partial charge in [-0.3, -0.25) is 19.1 Å². The van der Waals surface area contributed by atoms with Gasteiger partial charge in [0.05, 0.1) is 12.7 Å². The van der Waals surface area contributed by atoms with E-state index in [1.165, 1.54) is 27.8 Å². The second-order valence-electron chi connectivity index (χ2n) is 8.23. The van der Waals surface area contributed by atoms with Gasteiger partial charge in [0.15, 0.2) is 0 Å². The summed E-state index contributed by atoms with van der Waals surface area (Å²) in [4.78, 5) is 40.1. The molecule has 1 fully saturated rings. The predicted molar refractivity (Wildman–Crippen MR) is 132 cm³/mol. The minimum atomic E-state index is -4.94. The molecule has 1 amide bonds. The minimum absolute atomic E-state index is 0.0423. The lowest BCUT2D eigenvalue weighted by molar-refractivity contribution is -0.173. The predicted octanol–water partition coefficient (Wildman–Crippen LogP) is 1.63. The van der Waals surface area contributed by atoms with Crippen LogP contribution in [0.2, 0.25) is 0 Å². The van der Waals surface area contributed by atoms with Crippen molar-refractivity contribution in [2.24, 2.45) is 5.11 Å². The zero-order valence-corrected chi connectivity index (χ0v) is 21.8. The van der Waals surface area contributed by atoms with Crippen molar-refractivity contribution < 1.29 is 37.3 Å². The van der Waals surface area contributed by atoms with Crippen molar-refractivity contribution in [3.63, 3.8) is 0 Å². The Hall–Kier alpha value is -2.65. The normalized spacial score (nSPS) is 19.4. The molecule has 1 aromatic rings. The highest BCUT2D eigenvalue weighted by molar-refractivity contribution is 8.77. The molecule has 0 radical (unpaired) electrons. The van der Waals surface area contributed by atoms with E-state index in [0.29, 0.717) is 0 Å². The number of carbonyl (C=O) groups is 1. The van der Waals surface area contributed by atoms with Gasteiger partial charge in [-0.2, -0.15) is 13.2 Å². The van der Waals surface area contributed by atoms with Crippen molar-refractivity contribution in [3.8, 4) is 11.8 Å². The molecule has 1 saturated heterocycles. The lowest BCUT2D eigenvalue weighted by Crippen LogP contribution is -2.42. The number of nitrogens with zero attached hydrogens (tertiary/aromatic N) is 4. The molecule has 13 nitrogen and oxygen atoms in total. The number of aromatic nitrogens is 2. The monoisotopic (exact) mass is 582 g/mol. The van der Waals surface area contributed by atoms with Crippen LogP contribution < -0.4 is 16.6 Å². The molecule has 38 heavy (non-hydrogen) atoms.